The van der Waals surface area contributed by atoms with E-state index in [2.05, 4.69) is 50.5 Å². The Morgan fingerprint density at radius 3 is 2.21 bits per heavy atom. The van der Waals surface area contributed by atoms with Gasteiger partial charge in [0, 0.05) is 28.6 Å². The van der Waals surface area contributed by atoms with E-state index in [-0.39, 0.29) is 5.78 Å². The van der Waals surface area contributed by atoms with E-state index >= 15 is 0 Å². The Balaban J connectivity index is 1.52. The second-order valence-electron chi connectivity index (χ2n) is 8.37. The van der Waals surface area contributed by atoms with Crippen molar-refractivity contribution in [3.63, 3.8) is 0 Å². The van der Waals surface area contributed by atoms with Gasteiger partial charge in [-0.1, -0.05) is 0 Å². The standard InChI is InChI=1S/C23H33N3O2/c1-17(2)26-18(3)14-22(19(26)4)23(27)16-25-12-10-24(11-13-25)15-20-6-8-21(28-5)9-7-20/h6-9,14,17H,10-13,15-16H2,1-5H3/p+2. The van der Waals surface area contributed by atoms with Crippen LogP contribution in [0.5, 0.6) is 5.75 Å². The van der Waals surface area contributed by atoms with Crippen LogP contribution in [0.3, 0.4) is 0 Å². The maximum absolute atomic E-state index is 12.9. The van der Waals surface area contributed by atoms with Gasteiger partial charge in [-0.05, 0) is 58.0 Å². The van der Waals surface area contributed by atoms with Crippen molar-refractivity contribution in [3.05, 3.63) is 52.8 Å². The van der Waals surface area contributed by atoms with E-state index in [0.29, 0.717) is 12.6 Å². The highest BCUT2D eigenvalue weighted by atomic mass is 16.5. The minimum absolute atomic E-state index is 0.286. The molecule has 5 nitrogen and oxygen atoms in total. The number of ether oxygens (including phenoxy) is 1. The van der Waals surface area contributed by atoms with E-state index in [4.69, 9.17) is 4.74 Å². The minimum Gasteiger partial charge on any atom is -0.497 e. The van der Waals surface area contributed by atoms with Crippen molar-refractivity contribution in [1.29, 1.82) is 0 Å². The number of piperazine rings is 1. The summed E-state index contributed by atoms with van der Waals surface area (Å²) in [6.07, 6.45) is 0. The van der Waals surface area contributed by atoms with Crippen LogP contribution in [0.4, 0.5) is 0 Å². The number of Topliss-reactive ketones (excluding diaryl/α,β-unsaturated/α-hetero) is 1. The molecule has 0 bridgehead atoms. The van der Waals surface area contributed by atoms with Crippen molar-refractivity contribution in [2.45, 2.75) is 40.3 Å². The molecule has 28 heavy (non-hydrogen) atoms. The molecule has 1 saturated heterocycles. The number of rotatable bonds is 7. The Labute approximate surface area is 168 Å². The van der Waals surface area contributed by atoms with Crippen LogP contribution in [0, 0.1) is 13.8 Å². The predicted octanol–water partition coefficient (Wildman–Crippen LogP) is 0.861. The van der Waals surface area contributed by atoms with Gasteiger partial charge in [-0.25, -0.2) is 0 Å². The first-order chi connectivity index (χ1) is 13.4. The molecule has 3 rings (SSSR count). The number of hydrogen-bond acceptors (Lipinski definition) is 2. The maximum atomic E-state index is 12.9. The van der Waals surface area contributed by atoms with Crippen molar-refractivity contribution >= 4 is 5.78 Å². The summed E-state index contributed by atoms with van der Waals surface area (Å²) in [5, 5.41) is 0. The highest BCUT2D eigenvalue weighted by Gasteiger charge is 2.27. The normalized spacial score (nSPS) is 19.8. The average molecular weight is 386 g/mol. The predicted molar refractivity (Wildman–Crippen MR) is 112 cm³/mol. The highest BCUT2D eigenvalue weighted by Crippen LogP contribution is 2.20. The maximum Gasteiger partial charge on any atom is 0.218 e. The van der Waals surface area contributed by atoms with Gasteiger partial charge in [0.05, 0.1) is 7.11 Å². The number of quaternary nitrogens is 2. The number of aromatic nitrogens is 1. The Morgan fingerprint density at radius 1 is 1.07 bits per heavy atom. The average Bonchev–Trinajstić information content (AvgIpc) is 2.98. The molecule has 0 amide bonds. The summed E-state index contributed by atoms with van der Waals surface area (Å²) in [5.41, 5.74) is 4.54. The molecule has 2 heterocycles. The number of hydrogen-bond donors (Lipinski definition) is 2. The zero-order valence-electron chi connectivity index (χ0n) is 18.0. The number of nitrogens with one attached hydrogen (secondary N) is 2. The molecule has 1 aromatic heterocycles. The van der Waals surface area contributed by atoms with Crippen molar-refractivity contribution in [3.8, 4) is 5.75 Å². The number of benzene rings is 1. The van der Waals surface area contributed by atoms with Gasteiger partial charge < -0.3 is 19.1 Å². The summed E-state index contributed by atoms with van der Waals surface area (Å²) < 4.78 is 7.50. The van der Waals surface area contributed by atoms with Gasteiger partial charge in [0.25, 0.3) is 0 Å². The van der Waals surface area contributed by atoms with E-state index in [1.54, 1.807) is 12.0 Å². The second-order valence-corrected chi connectivity index (χ2v) is 8.37. The van der Waals surface area contributed by atoms with Crippen LogP contribution in [0.2, 0.25) is 0 Å². The van der Waals surface area contributed by atoms with Crippen LogP contribution in [-0.2, 0) is 6.54 Å². The number of methoxy groups -OCH3 is 1. The lowest BCUT2D eigenvalue weighted by Gasteiger charge is -2.29. The lowest BCUT2D eigenvalue weighted by atomic mass is 10.1. The molecular formula is C23H35N3O2+2. The molecule has 1 aromatic carbocycles. The van der Waals surface area contributed by atoms with Crippen LogP contribution in [0.15, 0.2) is 30.3 Å². The Morgan fingerprint density at radius 2 is 1.68 bits per heavy atom. The lowest BCUT2D eigenvalue weighted by molar-refractivity contribution is -1.01. The second kappa shape index (κ2) is 8.93. The molecule has 2 aromatic rings. The molecule has 0 saturated carbocycles. The number of aryl methyl sites for hydroxylation is 1. The first kappa shape index (κ1) is 20.6. The van der Waals surface area contributed by atoms with Gasteiger partial charge in [0.2, 0.25) is 5.78 Å². The topological polar surface area (TPSA) is 40.1 Å². The monoisotopic (exact) mass is 385 g/mol. The summed E-state index contributed by atoms with van der Waals surface area (Å²) in [6, 6.07) is 10.8. The Hall–Kier alpha value is -2.11. The fraction of sp³-hybridized carbons (Fsp3) is 0.522. The summed E-state index contributed by atoms with van der Waals surface area (Å²) >= 11 is 0. The fourth-order valence-electron chi connectivity index (χ4n) is 4.52. The first-order valence-corrected chi connectivity index (χ1v) is 10.4. The van der Waals surface area contributed by atoms with Crippen molar-refractivity contribution in [2.24, 2.45) is 0 Å². The molecule has 1 fully saturated rings. The minimum atomic E-state index is 0.286. The lowest BCUT2D eigenvalue weighted by Crippen LogP contribution is -3.27. The molecular weight excluding hydrogens is 350 g/mol. The third-order valence-electron chi connectivity index (χ3n) is 5.99. The fourth-order valence-corrected chi connectivity index (χ4v) is 4.52. The Kier molecular flexibility index (Phi) is 6.57. The Bertz CT molecular complexity index is 800. The summed E-state index contributed by atoms with van der Waals surface area (Å²) in [4.78, 5) is 15.9. The third-order valence-corrected chi connectivity index (χ3v) is 5.99. The molecule has 0 radical (unpaired) electrons. The zero-order valence-corrected chi connectivity index (χ0v) is 18.0. The van der Waals surface area contributed by atoms with Gasteiger partial charge in [-0.15, -0.1) is 0 Å². The highest BCUT2D eigenvalue weighted by molar-refractivity contribution is 5.98. The molecule has 0 aliphatic carbocycles. The molecule has 5 heteroatoms. The SMILES string of the molecule is COc1ccc(C[NH+]2CC[NH+](CC(=O)c3cc(C)n(C(C)C)c3C)CC2)cc1. The van der Waals surface area contributed by atoms with Gasteiger partial charge in [-0.3, -0.25) is 4.79 Å². The molecule has 1 aliphatic heterocycles. The molecule has 152 valence electrons. The molecule has 2 N–H and O–H groups in total. The van der Waals surface area contributed by atoms with E-state index in [1.165, 1.54) is 16.2 Å². The van der Waals surface area contributed by atoms with Crippen LogP contribution in [-0.4, -0.2) is 50.2 Å². The van der Waals surface area contributed by atoms with Crippen LogP contribution < -0.4 is 14.5 Å². The quantitative estimate of drug-likeness (QED) is 0.694. The number of carbonyl (C=O) groups is 1. The van der Waals surface area contributed by atoms with Gasteiger partial charge in [0.1, 0.15) is 45.0 Å². The number of ketones is 1. The molecule has 0 unspecified atom stereocenters. The summed E-state index contributed by atoms with van der Waals surface area (Å²) in [6.45, 7) is 14.5. The zero-order chi connectivity index (χ0) is 20.3. The van der Waals surface area contributed by atoms with Crippen LogP contribution in [0.1, 0.15) is 47.2 Å². The van der Waals surface area contributed by atoms with Gasteiger partial charge in [-0.2, -0.15) is 0 Å². The first-order valence-electron chi connectivity index (χ1n) is 10.4. The van der Waals surface area contributed by atoms with E-state index < -0.39 is 0 Å². The number of nitrogens with zero attached hydrogens (tertiary/aromatic N) is 1. The number of carbonyl (C=O) groups excluding carboxylic acids is 1. The van der Waals surface area contributed by atoms with E-state index in [9.17, 15) is 4.79 Å². The van der Waals surface area contributed by atoms with Crippen molar-refractivity contribution in [2.75, 3.05) is 39.8 Å². The van der Waals surface area contributed by atoms with Crippen LogP contribution in [0.25, 0.3) is 0 Å². The summed E-state index contributed by atoms with van der Waals surface area (Å²) in [5.74, 6) is 1.19. The van der Waals surface area contributed by atoms with Crippen LogP contribution >= 0.6 is 0 Å². The smallest absolute Gasteiger partial charge is 0.218 e. The van der Waals surface area contributed by atoms with Gasteiger partial charge in [0.15, 0.2) is 0 Å². The van der Waals surface area contributed by atoms with Crippen molar-refractivity contribution in [1.82, 2.24) is 4.57 Å². The van der Waals surface area contributed by atoms with Gasteiger partial charge >= 0.3 is 0 Å². The molecule has 0 spiro atoms. The molecule has 0 atom stereocenters. The van der Waals surface area contributed by atoms with Crippen molar-refractivity contribution < 1.29 is 19.3 Å². The largest absolute Gasteiger partial charge is 0.497 e. The third kappa shape index (κ3) is 4.65. The summed E-state index contributed by atoms with van der Waals surface area (Å²) in [7, 11) is 1.70. The molecule has 1 aliphatic rings. The van der Waals surface area contributed by atoms with E-state index in [1.807, 2.05) is 12.1 Å². The van der Waals surface area contributed by atoms with E-state index in [0.717, 1.165) is 49.7 Å².